The molecule has 1 heterocycles. The van der Waals surface area contributed by atoms with Crippen LogP contribution in [-0.2, 0) is 4.74 Å². The molecule has 0 aromatic heterocycles. The zero-order valence-electron chi connectivity index (χ0n) is 7.72. The molecule has 0 saturated heterocycles. The number of ether oxygens (including phenoxy) is 1. The number of rotatable bonds is 0. The average Bonchev–Trinajstić information content (AvgIpc) is 2.47. The lowest BCUT2D eigenvalue weighted by Crippen LogP contribution is -2.28. The van der Waals surface area contributed by atoms with E-state index < -0.39 is 0 Å². The number of hydrogen-bond acceptors (Lipinski definition) is 1. The predicted molar refractivity (Wildman–Crippen MR) is 49.9 cm³/mol. The van der Waals surface area contributed by atoms with E-state index in [-0.39, 0.29) is 5.60 Å². The van der Waals surface area contributed by atoms with Crippen LogP contribution in [0.25, 0.3) is 0 Å². The summed E-state index contributed by atoms with van der Waals surface area (Å²) >= 11 is 0. The minimum Gasteiger partial charge on any atom is -0.495 e. The van der Waals surface area contributed by atoms with Gasteiger partial charge in [-0.1, -0.05) is 19.3 Å². The molecular weight excluding hydrogens is 148 g/mol. The van der Waals surface area contributed by atoms with Gasteiger partial charge >= 0.3 is 0 Å². The van der Waals surface area contributed by atoms with Crippen molar-refractivity contribution in [3.8, 4) is 0 Å². The molecule has 1 saturated carbocycles. The highest BCUT2D eigenvalue weighted by atomic mass is 16.5. The van der Waals surface area contributed by atoms with Gasteiger partial charge in [-0.3, -0.25) is 0 Å². The van der Waals surface area contributed by atoms with Crippen molar-refractivity contribution in [2.75, 3.05) is 0 Å². The Hall–Kier alpha value is -0.460. The molecule has 2 rings (SSSR count). The highest BCUT2D eigenvalue weighted by molar-refractivity contribution is 4.98. The third-order valence-electron chi connectivity index (χ3n) is 3.17. The molecule has 1 aliphatic heterocycles. The van der Waals surface area contributed by atoms with E-state index in [2.05, 4.69) is 6.08 Å². The van der Waals surface area contributed by atoms with E-state index in [1.54, 1.807) is 0 Å². The molecule has 1 aliphatic carbocycles. The Morgan fingerprint density at radius 1 is 0.917 bits per heavy atom. The Bertz CT molecular complexity index is 154. The topological polar surface area (TPSA) is 9.23 Å². The van der Waals surface area contributed by atoms with Crippen molar-refractivity contribution in [2.45, 2.75) is 57.0 Å². The van der Waals surface area contributed by atoms with Crippen LogP contribution in [0.2, 0.25) is 0 Å². The molecule has 2 aliphatic rings. The summed E-state index contributed by atoms with van der Waals surface area (Å²) in [5.41, 5.74) is 0.237. The van der Waals surface area contributed by atoms with E-state index in [1.807, 2.05) is 6.26 Å². The summed E-state index contributed by atoms with van der Waals surface area (Å²) in [6.07, 6.45) is 14.8. The first-order valence-corrected chi connectivity index (χ1v) is 5.24. The lowest BCUT2D eigenvalue weighted by Gasteiger charge is -2.30. The Balaban J connectivity index is 1.93. The van der Waals surface area contributed by atoms with E-state index >= 15 is 0 Å². The third kappa shape index (κ3) is 1.65. The smallest absolute Gasteiger partial charge is 0.112 e. The highest BCUT2D eigenvalue weighted by Crippen LogP contribution is 2.36. The van der Waals surface area contributed by atoms with Crippen LogP contribution in [0, 0.1) is 0 Å². The van der Waals surface area contributed by atoms with Crippen molar-refractivity contribution < 1.29 is 4.74 Å². The molecule has 0 aromatic carbocycles. The fraction of sp³-hybridized carbons (Fsp3) is 0.818. The van der Waals surface area contributed by atoms with Gasteiger partial charge in [-0.05, 0) is 31.8 Å². The Morgan fingerprint density at radius 2 is 1.58 bits per heavy atom. The summed E-state index contributed by atoms with van der Waals surface area (Å²) in [6, 6.07) is 0. The highest BCUT2D eigenvalue weighted by Gasteiger charge is 2.32. The van der Waals surface area contributed by atoms with Crippen molar-refractivity contribution >= 4 is 0 Å². The maximum absolute atomic E-state index is 5.74. The van der Waals surface area contributed by atoms with Gasteiger partial charge in [0.25, 0.3) is 0 Å². The van der Waals surface area contributed by atoms with Gasteiger partial charge in [0, 0.05) is 6.42 Å². The van der Waals surface area contributed by atoms with E-state index in [9.17, 15) is 0 Å². The summed E-state index contributed by atoms with van der Waals surface area (Å²) in [6.45, 7) is 0. The molecule has 68 valence electrons. The van der Waals surface area contributed by atoms with Gasteiger partial charge in [0.05, 0.1) is 6.26 Å². The van der Waals surface area contributed by atoms with Gasteiger partial charge in [0.2, 0.25) is 0 Å². The lowest BCUT2D eigenvalue weighted by molar-refractivity contribution is 0.0193. The van der Waals surface area contributed by atoms with Crippen molar-refractivity contribution in [3.05, 3.63) is 12.3 Å². The molecule has 1 fully saturated rings. The molecule has 1 heteroatoms. The lowest BCUT2D eigenvalue weighted by atomic mass is 9.85. The molecule has 0 unspecified atom stereocenters. The first kappa shape index (κ1) is 8.15. The summed E-state index contributed by atoms with van der Waals surface area (Å²) in [4.78, 5) is 0. The van der Waals surface area contributed by atoms with Gasteiger partial charge in [0.1, 0.15) is 5.60 Å². The second-order valence-corrected chi connectivity index (χ2v) is 4.14. The SMILES string of the molecule is C1=COC2(C1)CCCCCCC2. The first-order chi connectivity index (χ1) is 5.91. The normalized spacial score (nSPS) is 28.0. The van der Waals surface area contributed by atoms with Gasteiger partial charge in [0.15, 0.2) is 0 Å². The summed E-state index contributed by atoms with van der Waals surface area (Å²) in [5.74, 6) is 0. The van der Waals surface area contributed by atoms with Crippen LogP contribution in [0.15, 0.2) is 12.3 Å². The molecule has 0 N–H and O–H groups in total. The van der Waals surface area contributed by atoms with Gasteiger partial charge < -0.3 is 4.74 Å². The van der Waals surface area contributed by atoms with Crippen LogP contribution in [0.4, 0.5) is 0 Å². The van der Waals surface area contributed by atoms with Crippen LogP contribution in [0.1, 0.15) is 51.4 Å². The van der Waals surface area contributed by atoms with Crippen LogP contribution in [0.3, 0.4) is 0 Å². The zero-order chi connectivity index (χ0) is 8.28. The first-order valence-electron chi connectivity index (χ1n) is 5.24. The van der Waals surface area contributed by atoms with Crippen LogP contribution in [-0.4, -0.2) is 5.60 Å². The standard InChI is InChI=1S/C11H18O/c1-2-4-7-11(8-5-3-1)9-6-10-12-11/h6,10H,1-5,7-9H2. The maximum Gasteiger partial charge on any atom is 0.112 e. The van der Waals surface area contributed by atoms with Crippen molar-refractivity contribution in [3.63, 3.8) is 0 Å². The molecular formula is C11H18O. The van der Waals surface area contributed by atoms with Gasteiger partial charge in [-0.15, -0.1) is 0 Å². The Kier molecular flexibility index (Phi) is 2.38. The molecule has 0 bridgehead atoms. The van der Waals surface area contributed by atoms with E-state index in [4.69, 9.17) is 4.74 Å². The summed E-state index contributed by atoms with van der Waals surface area (Å²) in [7, 11) is 0. The Morgan fingerprint density at radius 3 is 2.17 bits per heavy atom. The van der Waals surface area contributed by atoms with E-state index in [0.717, 1.165) is 6.42 Å². The summed E-state index contributed by atoms with van der Waals surface area (Å²) < 4.78 is 5.74. The minimum atomic E-state index is 0.237. The van der Waals surface area contributed by atoms with Crippen molar-refractivity contribution in [1.82, 2.24) is 0 Å². The number of hydrogen-bond donors (Lipinski definition) is 0. The second kappa shape index (κ2) is 3.51. The van der Waals surface area contributed by atoms with Crippen molar-refractivity contribution in [1.29, 1.82) is 0 Å². The Labute approximate surface area is 74.8 Å². The van der Waals surface area contributed by atoms with Gasteiger partial charge in [-0.25, -0.2) is 0 Å². The van der Waals surface area contributed by atoms with E-state index in [1.165, 1.54) is 44.9 Å². The molecule has 0 amide bonds. The van der Waals surface area contributed by atoms with Crippen LogP contribution >= 0.6 is 0 Å². The quantitative estimate of drug-likeness (QED) is 0.536. The molecule has 0 atom stereocenters. The van der Waals surface area contributed by atoms with Crippen LogP contribution < -0.4 is 0 Å². The second-order valence-electron chi connectivity index (χ2n) is 4.14. The molecule has 0 radical (unpaired) electrons. The van der Waals surface area contributed by atoms with Crippen molar-refractivity contribution in [2.24, 2.45) is 0 Å². The minimum absolute atomic E-state index is 0.237. The summed E-state index contributed by atoms with van der Waals surface area (Å²) in [5, 5.41) is 0. The van der Waals surface area contributed by atoms with E-state index in [0.29, 0.717) is 0 Å². The fourth-order valence-electron chi connectivity index (χ4n) is 2.38. The molecule has 1 spiro atoms. The van der Waals surface area contributed by atoms with Crippen LogP contribution in [0.5, 0.6) is 0 Å². The van der Waals surface area contributed by atoms with Gasteiger partial charge in [-0.2, -0.15) is 0 Å². The molecule has 12 heavy (non-hydrogen) atoms. The zero-order valence-corrected chi connectivity index (χ0v) is 7.72. The average molecular weight is 166 g/mol. The predicted octanol–water partition coefficient (Wildman–Crippen LogP) is 3.40. The molecule has 0 aromatic rings. The maximum atomic E-state index is 5.74. The monoisotopic (exact) mass is 166 g/mol. The largest absolute Gasteiger partial charge is 0.495 e. The molecule has 1 nitrogen and oxygen atoms in total. The third-order valence-corrected chi connectivity index (χ3v) is 3.17. The fourth-order valence-corrected chi connectivity index (χ4v) is 2.38.